The zero-order valence-corrected chi connectivity index (χ0v) is 12.6. The standard InChI is InChI=1S/C6H15N.C5H11BN2OS/c1-4-7(5-2)6-3;1-6(9)8-4-3-7-5(8)10-2/h4-6H2,1-3H3;9H,3-4H2,1-2H3. The van der Waals surface area contributed by atoms with Gasteiger partial charge in [-0.05, 0) is 32.7 Å². The first-order chi connectivity index (χ1) is 8.10. The van der Waals surface area contributed by atoms with E-state index in [1.54, 1.807) is 18.6 Å². The normalized spacial score (nSPS) is 14.5. The van der Waals surface area contributed by atoms with E-state index in [1.165, 1.54) is 19.6 Å². The predicted molar refractivity (Wildman–Crippen MR) is 79.8 cm³/mol. The lowest BCUT2D eigenvalue weighted by molar-refractivity contribution is 0.321. The first kappa shape index (κ1) is 16.8. The molecule has 0 spiro atoms. The summed E-state index contributed by atoms with van der Waals surface area (Å²) in [4.78, 5) is 8.47. The molecule has 0 saturated heterocycles. The molecule has 0 atom stereocenters. The van der Waals surface area contributed by atoms with Gasteiger partial charge in [-0.25, -0.2) is 0 Å². The van der Waals surface area contributed by atoms with E-state index in [0.29, 0.717) is 0 Å². The fourth-order valence-corrected chi connectivity index (χ4v) is 2.34. The summed E-state index contributed by atoms with van der Waals surface area (Å²) in [7, 11) is -0.395. The molecule has 0 amide bonds. The van der Waals surface area contributed by atoms with Gasteiger partial charge in [0, 0.05) is 6.54 Å². The molecule has 100 valence electrons. The maximum atomic E-state index is 9.19. The minimum Gasteiger partial charge on any atom is -0.432 e. The molecule has 0 bridgehead atoms. The maximum absolute atomic E-state index is 9.19. The van der Waals surface area contributed by atoms with Gasteiger partial charge in [-0.15, -0.1) is 0 Å². The van der Waals surface area contributed by atoms with E-state index in [2.05, 4.69) is 30.7 Å². The van der Waals surface area contributed by atoms with Crippen LogP contribution in [-0.4, -0.2) is 65.9 Å². The van der Waals surface area contributed by atoms with Gasteiger partial charge >= 0.3 is 7.05 Å². The van der Waals surface area contributed by atoms with Crippen LogP contribution in [0.2, 0.25) is 6.82 Å². The first-order valence-electron chi connectivity index (χ1n) is 6.36. The first-order valence-corrected chi connectivity index (χ1v) is 7.58. The van der Waals surface area contributed by atoms with Crippen LogP contribution in [0.25, 0.3) is 0 Å². The second-order valence-electron chi connectivity index (χ2n) is 3.81. The quantitative estimate of drug-likeness (QED) is 0.776. The highest BCUT2D eigenvalue weighted by Crippen LogP contribution is 2.11. The van der Waals surface area contributed by atoms with Crippen molar-refractivity contribution in [1.29, 1.82) is 0 Å². The Morgan fingerprint density at radius 2 is 1.88 bits per heavy atom. The van der Waals surface area contributed by atoms with E-state index in [9.17, 15) is 5.02 Å². The van der Waals surface area contributed by atoms with Gasteiger partial charge in [-0.1, -0.05) is 32.5 Å². The third-order valence-corrected chi connectivity index (χ3v) is 3.54. The van der Waals surface area contributed by atoms with Gasteiger partial charge < -0.3 is 14.7 Å². The second-order valence-corrected chi connectivity index (χ2v) is 4.59. The molecule has 0 radical (unpaired) electrons. The van der Waals surface area contributed by atoms with Crippen molar-refractivity contribution in [2.45, 2.75) is 27.6 Å². The average molecular weight is 259 g/mol. The molecule has 17 heavy (non-hydrogen) atoms. The minimum atomic E-state index is -0.395. The van der Waals surface area contributed by atoms with Gasteiger partial charge in [0.25, 0.3) is 0 Å². The topological polar surface area (TPSA) is 39.1 Å². The number of hydrogen-bond acceptors (Lipinski definition) is 5. The highest BCUT2D eigenvalue weighted by Gasteiger charge is 2.22. The minimum absolute atomic E-state index is 0.395. The molecule has 0 fully saturated rings. The fourth-order valence-electron chi connectivity index (χ4n) is 1.64. The lowest BCUT2D eigenvalue weighted by Crippen LogP contribution is -2.38. The summed E-state index contributed by atoms with van der Waals surface area (Å²) in [6, 6.07) is 0. The van der Waals surface area contributed by atoms with E-state index in [0.717, 1.165) is 18.3 Å². The van der Waals surface area contributed by atoms with Crippen molar-refractivity contribution in [2.24, 2.45) is 4.99 Å². The van der Waals surface area contributed by atoms with E-state index in [-0.39, 0.29) is 0 Å². The van der Waals surface area contributed by atoms with Crippen LogP contribution >= 0.6 is 11.8 Å². The maximum Gasteiger partial charge on any atom is 0.411 e. The summed E-state index contributed by atoms with van der Waals surface area (Å²) in [6.07, 6.45) is 1.97. The van der Waals surface area contributed by atoms with E-state index < -0.39 is 7.05 Å². The zero-order valence-electron chi connectivity index (χ0n) is 11.8. The average Bonchev–Trinajstić information content (AvgIpc) is 2.80. The van der Waals surface area contributed by atoms with Crippen LogP contribution in [0, 0.1) is 0 Å². The number of hydrogen-bond donors (Lipinski definition) is 1. The Labute approximate surface area is 111 Å². The van der Waals surface area contributed by atoms with Crippen molar-refractivity contribution in [1.82, 2.24) is 9.71 Å². The molecule has 0 aromatic carbocycles. The summed E-state index contributed by atoms with van der Waals surface area (Å²) in [6.45, 7) is 13.6. The van der Waals surface area contributed by atoms with Crippen molar-refractivity contribution in [3.8, 4) is 0 Å². The summed E-state index contributed by atoms with van der Waals surface area (Å²) in [5.41, 5.74) is 0. The summed E-state index contributed by atoms with van der Waals surface area (Å²) >= 11 is 1.58. The Morgan fingerprint density at radius 1 is 1.35 bits per heavy atom. The lowest BCUT2D eigenvalue weighted by Gasteiger charge is -2.18. The molecule has 0 saturated carbocycles. The van der Waals surface area contributed by atoms with Crippen molar-refractivity contribution in [3.63, 3.8) is 0 Å². The van der Waals surface area contributed by atoms with Crippen LogP contribution < -0.4 is 0 Å². The number of rotatable bonds is 4. The van der Waals surface area contributed by atoms with E-state index >= 15 is 0 Å². The fraction of sp³-hybridized carbons (Fsp3) is 0.909. The number of nitrogens with zero attached hydrogens (tertiary/aromatic N) is 3. The molecular weight excluding hydrogens is 233 g/mol. The number of thioether (sulfide) groups is 1. The Bertz CT molecular complexity index is 217. The molecule has 4 nitrogen and oxygen atoms in total. The van der Waals surface area contributed by atoms with Crippen molar-refractivity contribution in [2.75, 3.05) is 39.0 Å². The summed E-state index contributed by atoms with van der Waals surface area (Å²) in [5, 5.41) is 10.1. The Morgan fingerprint density at radius 3 is 2.12 bits per heavy atom. The van der Waals surface area contributed by atoms with Crippen molar-refractivity contribution < 1.29 is 5.02 Å². The smallest absolute Gasteiger partial charge is 0.411 e. The Kier molecular flexibility index (Phi) is 9.68. The zero-order chi connectivity index (χ0) is 13.3. The molecule has 1 rings (SSSR count). The van der Waals surface area contributed by atoms with Gasteiger partial charge in [0.2, 0.25) is 0 Å². The van der Waals surface area contributed by atoms with Gasteiger partial charge in [-0.2, -0.15) is 0 Å². The molecule has 0 unspecified atom stereocenters. The van der Waals surface area contributed by atoms with Gasteiger partial charge in [0.05, 0.1) is 6.54 Å². The van der Waals surface area contributed by atoms with Crippen LogP contribution in [0.1, 0.15) is 20.8 Å². The van der Waals surface area contributed by atoms with Crippen molar-refractivity contribution >= 4 is 24.0 Å². The van der Waals surface area contributed by atoms with Gasteiger partial charge in [0.1, 0.15) is 5.17 Å². The molecule has 1 N–H and O–H groups in total. The van der Waals surface area contributed by atoms with E-state index in [4.69, 9.17) is 0 Å². The molecule has 1 aliphatic rings. The van der Waals surface area contributed by atoms with E-state index in [1.807, 2.05) is 11.1 Å². The molecule has 0 aromatic heterocycles. The highest BCUT2D eigenvalue weighted by atomic mass is 32.2. The SMILES string of the molecule is CCN(CC)CC.CSC1=NCCN1B(C)O. The summed E-state index contributed by atoms with van der Waals surface area (Å²) < 4.78 is 0. The third-order valence-electron chi connectivity index (χ3n) is 2.81. The number of aliphatic imine (C=N–C) groups is 1. The van der Waals surface area contributed by atoms with Crippen LogP contribution in [0.15, 0.2) is 4.99 Å². The van der Waals surface area contributed by atoms with Crippen molar-refractivity contribution in [3.05, 3.63) is 0 Å². The van der Waals surface area contributed by atoms with Gasteiger partial charge in [0.15, 0.2) is 0 Å². The van der Waals surface area contributed by atoms with Crippen LogP contribution in [0.3, 0.4) is 0 Å². The van der Waals surface area contributed by atoms with Crippen LogP contribution in [0.4, 0.5) is 0 Å². The highest BCUT2D eigenvalue weighted by molar-refractivity contribution is 8.13. The Hall–Kier alpha value is -0.195. The lowest BCUT2D eigenvalue weighted by atomic mass is 9.86. The van der Waals surface area contributed by atoms with Crippen LogP contribution in [0.5, 0.6) is 0 Å². The Balaban J connectivity index is 0.000000325. The third kappa shape index (κ3) is 6.34. The predicted octanol–water partition coefficient (Wildman–Crippen LogP) is 1.48. The molecule has 0 aliphatic carbocycles. The monoisotopic (exact) mass is 259 g/mol. The molecule has 1 aliphatic heterocycles. The second kappa shape index (κ2) is 9.80. The molecule has 1 heterocycles. The molecule has 6 heteroatoms. The number of amidine groups is 1. The van der Waals surface area contributed by atoms with Gasteiger partial charge in [-0.3, -0.25) is 4.99 Å². The molecular formula is C11H26BN3OS. The summed E-state index contributed by atoms with van der Waals surface area (Å²) in [5.74, 6) is 0. The molecule has 0 aromatic rings. The largest absolute Gasteiger partial charge is 0.432 e. The van der Waals surface area contributed by atoms with Crippen LogP contribution in [-0.2, 0) is 0 Å².